The molecular formula is C23H20BrN3O2S2. The highest BCUT2D eigenvalue weighted by atomic mass is 79.9. The highest BCUT2D eigenvalue weighted by Crippen LogP contribution is 2.38. The second-order valence-corrected chi connectivity index (χ2v) is 10.2. The number of nitrogens with zero attached hydrogens (tertiary/aromatic N) is 3. The molecule has 0 aliphatic carbocycles. The summed E-state index contributed by atoms with van der Waals surface area (Å²) in [4.78, 5) is 20.5. The Bertz CT molecular complexity index is 1210. The lowest BCUT2D eigenvalue weighted by atomic mass is 9.97. The normalized spacial score (nSPS) is 14.8. The zero-order valence-electron chi connectivity index (χ0n) is 16.9. The summed E-state index contributed by atoms with van der Waals surface area (Å²) in [6, 6.07) is 12.0. The van der Waals surface area contributed by atoms with E-state index in [9.17, 15) is 4.79 Å². The summed E-state index contributed by atoms with van der Waals surface area (Å²) in [6.45, 7) is 3.44. The number of thiazole rings is 1. The lowest BCUT2D eigenvalue weighted by Gasteiger charge is -2.31. The monoisotopic (exact) mass is 513 g/mol. The van der Waals surface area contributed by atoms with Crippen LogP contribution in [-0.4, -0.2) is 34.0 Å². The van der Waals surface area contributed by atoms with Crippen molar-refractivity contribution < 1.29 is 9.32 Å². The zero-order valence-corrected chi connectivity index (χ0v) is 20.1. The van der Waals surface area contributed by atoms with E-state index in [1.807, 2.05) is 53.6 Å². The number of aryl methyl sites for hydroxylation is 1. The van der Waals surface area contributed by atoms with Gasteiger partial charge in [0.2, 0.25) is 0 Å². The number of benzene rings is 1. The average molecular weight is 514 g/mol. The first kappa shape index (κ1) is 20.6. The quantitative estimate of drug-likeness (QED) is 0.307. The summed E-state index contributed by atoms with van der Waals surface area (Å²) >= 11 is 6.65. The van der Waals surface area contributed by atoms with Gasteiger partial charge in [-0.3, -0.25) is 4.79 Å². The van der Waals surface area contributed by atoms with E-state index in [2.05, 4.69) is 26.5 Å². The van der Waals surface area contributed by atoms with E-state index in [1.54, 1.807) is 11.3 Å². The van der Waals surface area contributed by atoms with Crippen LogP contribution < -0.4 is 0 Å². The summed E-state index contributed by atoms with van der Waals surface area (Å²) in [5.74, 6) is 1.26. The van der Waals surface area contributed by atoms with Crippen LogP contribution in [0.1, 0.15) is 39.2 Å². The second-order valence-electron chi connectivity index (χ2n) is 7.56. The largest absolute Gasteiger partial charge is 0.360 e. The van der Waals surface area contributed by atoms with Gasteiger partial charge in [-0.05, 0) is 47.1 Å². The number of likely N-dealkylation sites (tertiary alicyclic amines) is 1. The summed E-state index contributed by atoms with van der Waals surface area (Å²) in [7, 11) is 0. The van der Waals surface area contributed by atoms with Crippen LogP contribution >= 0.6 is 38.6 Å². The molecule has 158 valence electrons. The molecule has 0 N–H and O–H groups in total. The van der Waals surface area contributed by atoms with E-state index in [0.29, 0.717) is 5.92 Å². The predicted octanol–water partition coefficient (Wildman–Crippen LogP) is 6.62. The number of carbonyl (C=O) groups is 1. The van der Waals surface area contributed by atoms with Crippen molar-refractivity contribution in [2.75, 3.05) is 13.1 Å². The van der Waals surface area contributed by atoms with Gasteiger partial charge in [-0.25, -0.2) is 4.98 Å². The van der Waals surface area contributed by atoms with Crippen molar-refractivity contribution in [2.45, 2.75) is 25.7 Å². The molecular weight excluding hydrogens is 494 g/mol. The lowest BCUT2D eigenvalue weighted by Crippen LogP contribution is -2.37. The van der Waals surface area contributed by atoms with Gasteiger partial charge in [-0.1, -0.05) is 35.5 Å². The Morgan fingerprint density at radius 1 is 1.16 bits per heavy atom. The third-order valence-electron chi connectivity index (χ3n) is 5.63. The van der Waals surface area contributed by atoms with Crippen LogP contribution in [0.15, 0.2) is 56.2 Å². The Kier molecular flexibility index (Phi) is 5.77. The fourth-order valence-electron chi connectivity index (χ4n) is 3.98. The van der Waals surface area contributed by atoms with Crippen LogP contribution in [0.25, 0.3) is 22.5 Å². The number of amides is 1. The van der Waals surface area contributed by atoms with Crippen LogP contribution in [0.5, 0.6) is 0 Å². The van der Waals surface area contributed by atoms with Crippen molar-refractivity contribution in [3.05, 3.63) is 67.3 Å². The van der Waals surface area contributed by atoms with Crippen molar-refractivity contribution in [3.8, 4) is 22.5 Å². The number of halogens is 1. The molecule has 0 radical (unpaired) electrons. The molecule has 1 fully saturated rings. The number of rotatable bonds is 4. The van der Waals surface area contributed by atoms with E-state index in [0.717, 1.165) is 68.6 Å². The number of thiophene rings is 1. The first-order valence-electron chi connectivity index (χ1n) is 10.1. The smallest absolute Gasteiger partial charge is 0.265 e. The number of piperidine rings is 1. The maximum Gasteiger partial charge on any atom is 0.265 e. The van der Waals surface area contributed by atoms with Gasteiger partial charge in [0.25, 0.3) is 5.91 Å². The van der Waals surface area contributed by atoms with Crippen LogP contribution in [0, 0.1) is 6.92 Å². The van der Waals surface area contributed by atoms with Crippen molar-refractivity contribution in [1.82, 2.24) is 15.0 Å². The molecule has 5 nitrogen and oxygen atoms in total. The third kappa shape index (κ3) is 4.00. The van der Waals surface area contributed by atoms with Crippen LogP contribution in [0.4, 0.5) is 0 Å². The van der Waals surface area contributed by atoms with Gasteiger partial charge >= 0.3 is 0 Å². The molecule has 3 aromatic heterocycles. The highest BCUT2D eigenvalue weighted by molar-refractivity contribution is 9.10. The number of hydrogen-bond donors (Lipinski definition) is 0. The lowest BCUT2D eigenvalue weighted by molar-refractivity contribution is 0.0717. The molecule has 5 rings (SSSR count). The van der Waals surface area contributed by atoms with E-state index in [1.165, 1.54) is 11.3 Å². The Labute approximate surface area is 196 Å². The first-order chi connectivity index (χ1) is 15.1. The van der Waals surface area contributed by atoms with E-state index < -0.39 is 0 Å². The van der Waals surface area contributed by atoms with Crippen molar-refractivity contribution in [3.63, 3.8) is 0 Å². The van der Waals surface area contributed by atoms with Gasteiger partial charge in [0, 0.05) is 34.4 Å². The number of aromatic nitrogens is 2. The van der Waals surface area contributed by atoms with Gasteiger partial charge in [0.1, 0.15) is 16.3 Å². The maximum atomic E-state index is 12.8. The maximum absolute atomic E-state index is 12.8. The molecule has 0 bridgehead atoms. The molecule has 1 aliphatic rings. The SMILES string of the molecule is Cc1onc(-c2ccccc2)c1-c1csc(C2CCN(C(=O)c3sccc3Br)CC2)n1. The second kappa shape index (κ2) is 8.68. The minimum atomic E-state index is 0.118. The van der Waals surface area contributed by atoms with E-state index in [4.69, 9.17) is 9.51 Å². The Balaban J connectivity index is 1.32. The number of hydrogen-bond acceptors (Lipinski definition) is 6. The zero-order chi connectivity index (χ0) is 21.4. The fraction of sp³-hybridized carbons (Fsp3) is 0.261. The van der Waals surface area contributed by atoms with E-state index in [-0.39, 0.29) is 5.91 Å². The Morgan fingerprint density at radius 2 is 1.94 bits per heavy atom. The molecule has 1 aromatic carbocycles. The summed E-state index contributed by atoms with van der Waals surface area (Å²) < 4.78 is 6.39. The van der Waals surface area contributed by atoms with Crippen molar-refractivity contribution in [1.29, 1.82) is 0 Å². The molecule has 1 saturated heterocycles. The van der Waals surface area contributed by atoms with Crippen LogP contribution in [0.2, 0.25) is 0 Å². The standard InChI is InChI=1S/C23H20BrN3O2S2/c1-14-19(20(26-29-14)15-5-3-2-4-6-15)18-13-31-22(25-18)16-7-10-27(11-8-16)23(28)21-17(24)9-12-30-21/h2-6,9,12-13,16H,7-8,10-11H2,1H3. The minimum Gasteiger partial charge on any atom is -0.360 e. The molecule has 1 amide bonds. The summed E-state index contributed by atoms with van der Waals surface area (Å²) in [6.07, 6.45) is 1.85. The predicted molar refractivity (Wildman–Crippen MR) is 128 cm³/mol. The molecule has 1 aliphatic heterocycles. The van der Waals surface area contributed by atoms with Crippen LogP contribution in [0.3, 0.4) is 0 Å². The van der Waals surface area contributed by atoms with E-state index >= 15 is 0 Å². The van der Waals surface area contributed by atoms with Crippen molar-refractivity contribution in [2.24, 2.45) is 0 Å². The third-order valence-corrected chi connectivity index (χ3v) is 8.46. The Hall–Kier alpha value is -2.29. The average Bonchev–Trinajstić information content (AvgIpc) is 3.54. The molecule has 0 saturated carbocycles. The topological polar surface area (TPSA) is 59.2 Å². The molecule has 0 atom stereocenters. The van der Waals surface area contributed by atoms with Gasteiger partial charge in [0.15, 0.2) is 0 Å². The molecule has 0 spiro atoms. The molecule has 31 heavy (non-hydrogen) atoms. The number of carbonyl (C=O) groups excluding carboxylic acids is 1. The van der Waals surface area contributed by atoms with Crippen molar-refractivity contribution >= 4 is 44.5 Å². The fourth-order valence-corrected chi connectivity index (χ4v) is 6.47. The molecule has 4 aromatic rings. The van der Waals surface area contributed by atoms with Gasteiger partial charge in [-0.15, -0.1) is 22.7 Å². The molecule has 8 heteroatoms. The first-order valence-corrected chi connectivity index (χ1v) is 12.7. The summed E-state index contributed by atoms with van der Waals surface area (Å²) in [5.41, 5.74) is 3.73. The minimum absolute atomic E-state index is 0.118. The molecule has 0 unspecified atom stereocenters. The molecule has 4 heterocycles. The van der Waals surface area contributed by atoms with Gasteiger partial charge < -0.3 is 9.42 Å². The van der Waals surface area contributed by atoms with Gasteiger partial charge in [0.05, 0.1) is 16.3 Å². The van der Waals surface area contributed by atoms with Gasteiger partial charge in [-0.2, -0.15) is 0 Å². The highest BCUT2D eigenvalue weighted by Gasteiger charge is 2.28. The summed E-state index contributed by atoms with van der Waals surface area (Å²) in [5, 5.41) is 9.45. The Morgan fingerprint density at radius 3 is 2.65 bits per heavy atom. The van der Waals surface area contributed by atoms with Crippen LogP contribution in [-0.2, 0) is 0 Å².